The number of carbonyl (C=O) groups excluding carboxylic acids is 3. The molecular formula is C24H30N4O4S. The first-order chi connectivity index (χ1) is 16.1. The van der Waals surface area contributed by atoms with E-state index >= 15 is 0 Å². The van der Waals surface area contributed by atoms with Gasteiger partial charge >= 0.3 is 0 Å². The van der Waals surface area contributed by atoms with Gasteiger partial charge in [0.15, 0.2) is 0 Å². The first-order valence-electron chi connectivity index (χ1n) is 11.4. The van der Waals surface area contributed by atoms with E-state index in [1.165, 1.54) is 16.2 Å². The SMILES string of the molecule is CCN(CC(=O)Nc1ccc(N2CCOCC2)cc1)C(=O)[C@@H]1CCCN1C(=O)c1cccs1. The maximum Gasteiger partial charge on any atom is 0.264 e. The number of likely N-dealkylation sites (N-methyl/N-ethyl adjacent to an activating group) is 1. The van der Waals surface area contributed by atoms with Crippen LogP contribution in [-0.2, 0) is 14.3 Å². The van der Waals surface area contributed by atoms with Crippen LogP contribution in [-0.4, -0.2) is 79.5 Å². The van der Waals surface area contributed by atoms with Crippen molar-refractivity contribution in [2.45, 2.75) is 25.8 Å². The second kappa shape index (κ2) is 10.8. The molecule has 2 aliphatic heterocycles. The first kappa shape index (κ1) is 23.3. The largest absolute Gasteiger partial charge is 0.378 e. The van der Waals surface area contributed by atoms with Crippen LogP contribution >= 0.6 is 11.3 Å². The van der Waals surface area contributed by atoms with Gasteiger partial charge in [-0.05, 0) is 55.5 Å². The summed E-state index contributed by atoms with van der Waals surface area (Å²) in [6, 6.07) is 10.8. The summed E-state index contributed by atoms with van der Waals surface area (Å²) in [5.41, 5.74) is 1.79. The van der Waals surface area contributed by atoms with Crippen molar-refractivity contribution in [1.82, 2.24) is 9.80 Å². The second-order valence-corrected chi connectivity index (χ2v) is 9.13. The fourth-order valence-corrected chi connectivity index (χ4v) is 4.99. The Labute approximate surface area is 198 Å². The Bertz CT molecular complexity index is 957. The molecule has 2 saturated heterocycles. The smallest absolute Gasteiger partial charge is 0.264 e. The number of morpholine rings is 1. The molecule has 2 aliphatic rings. The number of rotatable bonds is 7. The molecule has 0 aliphatic carbocycles. The molecule has 4 rings (SSSR count). The lowest BCUT2D eigenvalue weighted by atomic mass is 10.2. The number of nitrogens with one attached hydrogen (secondary N) is 1. The van der Waals surface area contributed by atoms with Gasteiger partial charge in [-0.3, -0.25) is 14.4 Å². The van der Waals surface area contributed by atoms with Gasteiger partial charge in [-0.2, -0.15) is 0 Å². The average molecular weight is 471 g/mol. The Balaban J connectivity index is 1.34. The zero-order valence-corrected chi connectivity index (χ0v) is 19.7. The van der Waals surface area contributed by atoms with E-state index in [1.54, 1.807) is 11.0 Å². The van der Waals surface area contributed by atoms with Crippen LogP contribution < -0.4 is 10.2 Å². The lowest BCUT2D eigenvalue weighted by molar-refractivity contribution is -0.137. The summed E-state index contributed by atoms with van der Waals surface area (Å²) in [5.74, 6) is -0.530. The summed E-state index contributed by atoms with van der Waals surface area (Å²) < 4.78 is 5.39. The van der Waals surface area contributed by atoms with Crippen LogP contribution in [0.4, 0.5) is 11.4 Å². The maximum atomic E-state index is 13.2. The maximum absolute atomic E-state index is 13.2. The number of hydrogen-bond donors (Lipinski definition) is 1. The fraction of sp³-hybridized carbons (Fsp3) is 0.458. The monoisotopic (exact) mass is 470 g/mol. The average Bonchev–Trinajstić information content (AvgIpc) is 3.55. The van der Waals surface area contributed by atoms with Crippen molar-refractivity contribution in [3.8, 4) is 0 Å². The molecule has 1 aromatic heterocycles. The number of benzene rings is 1. The highest BCUT2D eigenvalue weighted by Gasteiger charge is 2.37. The number of thiophene rings is 1. The summed E-state index contributed by atoms with van der Waals surface area (Å²) >= 11 is 1.38. The van der Waals surface area contributed by atoms with E-state index in [9.17, 15) is 14.4 Å². The van der Waals surface area contributed by atoms with Gasteiger partial charge in [0.05, 0.1) is 24.6 Å². The molecule has 2 aromatic rings. The van der Waals surface area contributed by atoms with Gasteiger partial charge in [0, 0.05) is 37.6 Å². The van der Waals surface area contributed by atoms with Crippen LogP contribution in [0.15, 0.2) is 41.8 Å². The van der Waals surface area contributed by atoms with Crippen LogP contribution in [0.25, 0.3) is 0 Å². The third-order valence-corrected chi connectivity index (χ3v) is 6.94. The summed E-state index contributed by atoms with van der Waals surface area (Å²) in [5, 5.41) is 4.74. The van der Waals surface area contributed by atoms with Gasteiger partial charge in [0.2, 0.25) is 11.8 Å². The van der Waals surface area contributed by atoms with Crippen LogP contribution in [0.2, 0.25) is 0 Å². The summed E-state index contributed by atoms with van der Waals surface area (Å²) in [4.78, 5) is 44.8. The minimum absolute atomic E-state index is 0.0436. The van der Waals surface area contributed by atoms with Crippen molar-refractivity contribution >= 4 is 40.4 Å². The Hall–Kier alpha value is -2.91. The Morgan fingerprint density at radius 1 is 1.12 bits per heavy atom. The molecule has 9 heteroatoms. The molecule has 0 spiro atoms. The first-order valence-corrected chi connectivity index (χ1v) is 12.3. The van der Waals surface area contributed by atoms with E-state index in [2.05, 4.69) is 10.2 Å². The van der Waals surface area contributed by atoms with Crippen LogP contribution in [0.1, 0.15) is 29.4 Å². The molecule has 0 saturated carbocycles. The summed E-state index contributed by atoms with van der Waals surface area (Å²) in [6.07, 6.45) is 1.41. The quantitative estimate of drug-likeness (QED) is 0.673. The van der Waals surface area contributed by atoms with Gasteiger partial charge in [0.25, 0.3) is 5.91 Å². The minimum atomic E-state index is -0.514. The predicted octanol–water partition coefficient (Wildman–Crippen LogP) is 2.68. The molecule has 0 unspecified atom stereocenters. The Morgan fingerprint density at radius 3 is 2.55 bits per heavy atom. The summed E-state index contributed by atoms with van der Waals surface area (Å²) in [6.45, 7) is 5.92. The van der Waals surface area contributed by atoms with E-state index in [1.807, 2.05) is 42.6 Å². The number of ether oxygens (including phenoxy) is 1. The van der Waals surface area contributed by atoms with Gasteiger partial charge in [-0.25, -0.2) is 0 Å². The molecule has 176 valence electrons. The van der Waals surface area contributed by atoms with Crippen molar-refractivity contribution in [3.63, 3.8) is 0 Å². The third-order valence-electron chi connectivity index (χ3n) is 6.09. The Kier molecular flexibility index (Phi) is 7.61. The van der Waals surface area contributed by atoms with Crippen LogP contribution in [0.3, 0.4) is 0 Å². The standard InChI is InChI=1S/C24H30N4O4S/c1-2-26(23(30)20-5-3-11-28(20)24(31)21-6-4-16-33-21)17-22(29)25-18-7-9-19(10-8-18)27-12-14-32-15-13-27/h4,6-10,16,20H,2-3,5,11-15,17H2,1H3,(H,25,29)/t20-/m0/s1. The van der Waals surface area contributed by atoms with Crippen molar-refractivity contribution in [2.75, 3.05) is 56.2 Å². The summed E-state index contributed by atoms with van der Waals surface area (Å²) in [7, 11) is 0. The van der Waals surface area contributed by atoms with E-state index in [0.29, 0.717) is 30.1 Å². The number of carbonyl (C=O) groups is 3. The third kappa shape index (κ3) is 5.54. The molecular weight excluding hydrogens is 440 g/mol. The normalized spacial score (nSPS) is 18.3. The van der Waals surface area contributed by atoms with E-state index < -0.39 is 6.04 Å². The van der Waals surface area contributed by atoms with Gasteiger partial charge in [-0.15, -0.1) is 11.3 Å². The highest BCUT2D eigenvalue weighted by atomic mass is 32.1. The molecule has 1 aromatic carbocycles. The van der Waals surface area contributed by atoms with Crippen LogP contribution in [0.5, 0.6) is 0 Å². The lowest BCUT2D eigenvalue weighted by Crippen LogP contribution is -2.49. The lowest BCUT2D eigenvalue weighted by Gasteiger charge is -2.29. The van der Waals surface area contributed by atoms with Crippen molar-refractivity contribution < 1.29 is 19.1 Å². The predicted molar refractivity (Wildman–Crippen MR) is 129 cm³/mol. The van der Waals surface area contributed by atoms with Crippen molar-refractivity contribution in [2.24, 2.45) is 0 Å². The minimum Gasteiger partial charge on any atom is -0.378 e. The number of likely N-dealkylation sites (tertiary alicyclic amines) is 1. The van der Waals surface area contributed by atoms with Gasteiger partial charge in [-0.1, -0.05) is 6.07 Å². The molecule has 8 nitrogen and oxygen atoms in total. The number of amides is 3. The van der Waals surface area contributed by atoms with Crippen molar-refractivity contribution in [1.29, 1.82) is 0 Å². The zero-order valence-electron chi connectivity index (χ0n) is 18.9. The number of anilines is 2. The molecule has 0 radical (unpaired) electrons. The topological polar surface area (TPSA) is 82.2 Å². The molecule has 0 bridgehead atoms. The second-order valence-electron chi connectivity index (χ2n) is 8.18. The highest BCUT2D eigenvalue weighted by Crippen LogP contribution is 2.24. The van der Waals surface area contributed by atoms with E-state index in [4.69, 9.17) is 4.74 Å². The molecule has 3 amide bonds. The van der Waals surface area contributed by atoms with Gasteiger partial charge in [0.1, 0.15) is 6.04 Å². The van der Waals surface area contributed by atoms with Crippen molar-refractivity contribution in [3.05, 3.63) is 46.7 Å². The molecule has 1 atom stereocenters. The Morgan fingerprint density at radius 2 is 1.88 bits per heavy atom. The highest BCUT2D eigenvalue weighted by molar-refractivity contribution is 7.12. The molecule has 33 heavy (non-hydrogen) atoms. The zero-order chi connectivity index (χ0) is 23.2. The van der Waals surface area contributed by atoms with Crippen LogP contribution in [0, 0.1) is 0 Å². The van der Waals surface area contributed by atoms with Gasteiger partial charge < -0.3 is 24.8 Å². The van der Waals surface area contributed by atoms with E-state index in [0.717, 1.165) is 38.4 Å². The molecule has 3 heterocycles. The van der Waals surface area contributed by atoms with E-state index in [-0.39, 0.29) is 24.3 Å². The fourth-order valence-electron chi connectivity index (χ4n) is 4.32. The number of hydrogen-bond acceptors (Lipinski definition) is 6. The number of nitrogens with zero attached hydrogens (tertiary/aromatic N) is 3. The molecule has 1 N–H and O–H groups in total. The molecule has 2 fully saturated rings.